The Bertz CT molecular complexity index is 1730. The maximum absolute atomic E-state index is 13.0. The molecule has 0 aliphatic heterocycles. The van der Waals surface area contributed by atoms with Crippen molar-refractivity contribution in [1.29, 1.82) is 0 Å². The number of hydrogen-bond acceptors (Lipinski definition) is 7. The second kappa shape index (κ2) is 13.1. The minimum atomic E-state index is -0.586. The molecule has 0 saturated heterocycles. The van der Waals surface area contributed by atoms with Gasteiger partial charge in [-0.3, -0.25) is 4.79 Å². The number of fused-ring (bicyclic) bond motifs is 1. The zero-order valence-corrected chi connectivity index (χ0v) is 23.1. The molecule has 1 amide bonds. The van der Waals surface area contributed by atoms with Crippen molar-refractivity contribution in [1.82, 2.24) is 5.43 Å². The molecule has 0 radical (unpaired) electrons. The SMILES string of the molecule is COc1ccc(C(=O)Oc2ccc3ccccc3c2/C=N\NC(=O)COc2ccc(-c3ccccc3)cc2)cc1OC. The Kier molecular flexibility index (Phi) is 8.74. The van der Waals surface area contributed by atoms with Gasteiger partial charge in [0.05, 0.1) is 26.0 Å². The number of nitrogens with one attached hydrogen (secondary N) is 1. The number of benzene rings is 5. The number of carbonyl (C=O) groups is 2. The lowest BCUT2D eigenvalue weighted by Crippen LogP contribution is -2.24. The summed E-state index contributed by atoms with van der Waals surface area (Å²) in [6.45, 7) is -0.224. The predicted octanol–water partition coefficient (Wildman–Crippen LogP) is 6.27. The van der Waals surface area contributed by atoms with Crippen molar-refractivity contribution in [2.45, 2.75) is 0 Å². The molecule has 42 heavy (non-hydrogen) atoms. The van der Waals surface area contributed by atoms with Crippen molar-refractivity contribution >= 4 is 28.9 Å². The molecule has 0 aliphatic carbocycles. The summed E-state index contributed by atoms with van der Waals surface area (Å²) in [5.41, 5.74) is 5.43. The van der Waals surface area contributed by atoms with Crippen LogP contribution in [0.25, 0.3) is 21.9 Å². The molecule has 5 aromatic rings. The first-order valence-electron chi connectivity index (χ1n) is 13.1. The first kappa shape index (κ1) is 27.9. The van der Waals surface area contributed by atoms with Crippen molar-refractivity contribution < 1.29 is 28.5 Å². The molecule has 0 fully saturated rings. The van der Waals surface area contributed by atoms with E-state index in [0.29, 0.717) is 22.8 Å². The summed E-state index contributed by atoms with van der Waals surface area (Å²) in [4.78, 5) is 25.5. The Morgan fingerprint density at radius 1 is 0.738 bits per heavy atom. The number of ether oxygens (including phenoxy) is 4. The van der Waals surface area contributed by atoms with Crippen molar-refractivity contribution in [3.05, 3.63) is 120 Å². The molecule has 0 unspecified atom stereocenters. The maximum atomic E-state index is 13.0. The number of hydrazone groups is 1. The molecule has 5 aromatic carbocycles. The second-order valence-electron chi connectivity index (χ2n) is 9.13. The average Bonchev–Trinajstić information content (AvgIpc) is 3.04. The number of methoxy groups -OCH3 is 2. The van der Waals surface area contributed by atoms with Gasteiger partial charge >= 0.3 is 5.97 Å². The smallest absolute Gasteiger partial charge is 0.343 e. The minimum Gasteiger partial charge on any atom is -0.493 e. The van der Waals surface area contributed by atoms with Crippen molar-refractivity contribution in [3.63, 3.8) is 0 Å². The highest BCUT2D eigenvalue weighted by Crippen LogP contribution is 2.30. The minimum absolute atomic E-state index is 0.224. The van der Waals surface area contributed by atoms with Crippen molar-refractivity contribution in [2.24, 2.45) is 5.10 Å². The highest BCUT2D eigenvalue weighted by molar-refractivity contribution is 6.04. The van der Waals surface area contributed by atoms with Crippen LogP contribution in [-0.4, -0.2) is 38.9 Å². The van der Waals surface area contributed by atoms with Gasteiger partial charge in [-0.05, 0) is 58.3 Å². The van der Waals surface area contributed by atoms with Gasteiger partial charge in [-0.2, -0.15) is 5.10 Å². The maximum Gasteiger partial charge on any atom is 0.343 e. The molecular weight excluding hydrogens is 532 g/mol. The van der Waals surface area contributed by atoms with E-state index in [1.165, 1.54) is 20.4 Å². The van der Waals surface area contributed by atoms with E-state index in [1.54, 1.807) is 24.3 Å². The normalized spacial score (nSPS) is 10.8. The lowest BCUT2D eigenvalue weighted by Gasteiger charge is -2.12. The molecular formula is C34H28N2O6. The van der Waals surface area contributed by atoms with Crippen LogP contribution in [0.3, 0.4) is 0 Å². The molecule has 1 N–H and O–H groups in total. The van der Waals surface area contributed by atoms with E-state index in [0.717, 1.165) is 21.9 Å². The van der Waals surface area contributed by atoms with E-state index in [4.69, 9.17) is 18.9 Å². The van der Waals surface area contributed by atoms with Gasteiger partial charge < -0.3 is 18.9 Å². The first-order chi connectivity index (χ1) is 20.6. The first-order valence-corrected chi connectivity index (χ1v) is 13.1. The van der Waals surface area contributed by atoms with E-state index in [-0.39, 0.29) is 17.9 Å². The summed E-state index contributed by atoms with van der Waals surface area (Å²) in [5.74, 6) is 0.716. The second-order valence-corrected chi connectivity index (χ2v) is 9.13. The molecule has 0 aliphatic rings. The van der Waals surface area contributed by atoms with Crippen LogP contribution < -0.4 is 24.4 Å². The monoisotopic (exact) mass is 560 g/mol. The number of hydrogen-bond donors (Lipinski definition) is 1. The lowest BCUT2D eigenvalue weighted by atomic mass is 10.0. The summed E-state index contributed by atoms with van der Waals surface area (Å²) in [6.07, 6.45) is 1.45. The Balaban J connectivity index is 1.27. The van der Waals surface area contributed by atoms with Gasteiger partial charge in [-0.15, -0.1) is 0 Å². The van der Waals surface area contributed by atoms with Crippen molar-refractivity contribution in [3.8, 4) is 34.1 Å². The van der Waals surface area contributed by atoms with E-state index in [9.17, 15) is 9.59 Å². The van der Waals surface area contributed by atoms with Gasteiger partial charge in [0, 0.05) is 5.56 Å². The molecule has 5 rings (SSSR count). The third-order valence-corrected chi connectivity index (χ3v) is 6.47. The van der Waals surface area contributed by atoms with Crippen LogP contribution in [0.2, 0.25) is 0 Å². The summed E-state index contributed by atoms with van der Waals surface area (Å²) in [5, 5.41) is 5.83. The molecule has 0 spiro atoms. The van der Waals surface area contributed by atoms with Crippen LogP contribution >= 0.6 is 0 Å². The average molecular weight is 561 g/mol. The highest BCUT2D eigenvalue weighted by atomic mass is 16.5. The summed E-state index contributed by atoms with van der Waals surface area (Å²) >= 11 is 0. The highest BCUT2D eigenvalue weighted by Gasteiger charge is 2.16. The molecule has 8 nitrogen and oxygen atoms in total. The van der Waals surface area contributed by atoms with Crippen LogP contribution in [0.15, 0.2) is 114 Å². The molecule has 0 saturated carbocycles. The lowest BCUT2D eigenvalue weighted by molar-refractivity contribution is -0.123. The number of nitrogens with zero attached hydrogens (tertiary/aromatic N) is 1. The van der Waals surface area contributed by atoms with Crippen LogP contribution in [-0.2, 0) is 4.79 Å². The van der Waals surface area contributed by atoms with E-state index < -0.39 is 11.9 Å². The predicted molar refractivity (Wildman–Crippen MR) is 162 cm³/mol. The molecule has 0 atom stereocenters. The van der Waals surface area contributed by atoms with Crippen LogP contribution in [0.4, 0.5) is 0 Å². The molecule has 0 bridgehead atoms. The van der Waals surface area contributed by atoms with Crippen molar-refractivity contribution in [2.75, 3.05) is 20.8 Å². The molecule has 210 valence electrons. The molecule has 0 aromatic heterocycles. The van der Waals surface area contributed by atoms with Gasteiger partial charge in [0.1, 0.15) is 11.5 Å². The third kappa shape index (κ3) is 6.56. The standard InChI is InChI=1S/C34H28N2O6/c1-39-31-19-15-26(20-32(31)40-2)34(38)42-30-18-14-25-10-6-7-11-28(25)29(30)21-35-36-33(37)22-41-27-16-12-24(13-17-27)23-8-4-3-5-9-23/h3-21H,22H2,1-2H3,(H,36,37)/b35-21-. The van der Waals surface area contributed by atoms with Gasteiger partial charge in [0.2, 0.25) is 0 Å². The fraction of sp³-hybridized carbons (Fsp3) is 0.0882. The summed E-state index contributed by atoms with van der Waals surface area (Å²) in [6, 6.07) is 33.4. The Labute approximate surface area is 243 Å². The van der Waals surface area contributed by atoms with E-state index >= 15 is 0 Å². The van der Waals surface area contributed by atoms with Gasteiger partial charge in [0.25, 0.3) is 5.91 Å². The summed E-state index contributed by atoms with van der Waals surface area (Å²) in [7, 11) is 3.01. The fourth-order valence-corrected chi connectivity index (χ4v) is 4.34. The number of carbonyl (C=O) groups excluding carboxylic acids is 2. The number of amides is 1. The Morgan fingerprint density at radius 2 is 1.43 bits per heavy atom. The zero-order valence-electron chi connectivity index (χ0n) is 23.1. The number of esters is 1. The van der Waals surface area contributed by atoms with Gasteiger partial charge in [-0.25, -0.2) is 10.2 Å². The zero-order chi connectivity index (χ0) is 29.3. The third-order valence-electron chi connectivity index (χ3n) is 6.47. The molecule has 8 heteroatoms. The summed E-state index contributed by atoms with van der Waals surface area (Å²) < 4.78 is 21.9. The quantitative estimate of drug-likeness (QED) is 0.0936. The van der Waals surface area contributed by atoms with Gasteiger partial charge in [-0.1, -0.05) is 72.8 Å². The van der Waals surface area contributed by atoms with Crippen LogP contribution in [0.1, 0.15) is 15.9 Å². The van der Waals surface area contributed by atoms with Gasteiger partial charge in [0.15, 0.2) is 18.1 Å². The van der Waals surface area contributed by atoms with Crippen LogP contribution in [0, 0.1) is 0 Å². The molecule has 0 heterocycles. The Morgan fingerprint density at radius 3 is 2.19 bits per heavy atom. The number of rotatable bonds is 10. The largest absolute Gasteiger partial charge is 0.493 e. The van der Waals surface area contributed by atoms with Crippen LogP contribution in [0.5, 0.6) is 23.0 Å². The van der Waals surface area contributed by atoms with E-state index in [1.807, 2.05) is 84.9 Å². The van der Waals surface area contributed by atoms with E-state index in [2.05, 4.69) is 10.5 Å². The fourth-order valence-electron chi connectivity index (χ4n) is 4.34. The Hall–Kier alpha value is -5.63. The topological polar surface area (TPSA) is 95.5 Å².